The van der Waals surface area contributed by atoms with Crippen molar-refractivity contribution in [1.82, 2.24) is 9.88 Å². The van der Waals surface area contributed by atoms with Crippen molar-refractivity contribution >= 4 is 17.2 Å². The highest BCUT2D eigenvalue weighted by molar-refractivity contribution is 7.12. The van der Waals surface area contributed by atoms with Gasteiger partial charge in [0.15, 0.2) is 0 Å². The number of piperidine rings is 1. The summed E-state index contributed by atoms with van der Waals surface area (Å²) in [7, 11) is 0. The van der Waals surface area contributed by atoms with E-state index in [1.165, 1.54) is 16.9 Å². The van der Waals surface area contributed by atoms with Crippen LogP contribution in [0.25, 0.3) is 0 Å². The Morgan fingerprint density at radius 2 is 2.08 bits per heavy atom. The smallest absolute Gasteiger partial charge is 0.263 e. The van der Waals surface area contributed by atoms with Crippen molar-refractivity contribution in [2.24, 2.45) is 0 Å². The molecule has 1 aliphatic rings. The molecule has 0 aliphatic carbocycles. The van der Waals surface area contributed by atoms with Crippen LogP contribution in [-0.4, -0.2) is 28.9 Å². The van der Waals surface area contributed by atoms with E-state index in [9.17, 15) is 4.79 Å². The SMILES string of the molecule is Cc1csc(C(=O)N2CCC(=CC#Cc3cccc(C)n3)CC2)c1. The molecule has 0 radical (unpaired) electrons. The van der Waals surface area contributed by atoms with Gasteiger partial charge in [-0.1, -0.05) is 17.6 Å². The van der Waals surface area contributed by atoms with Crippen LogP contribution in [0.3, 0.4) is 0 Å². The second-order valence-electron chi connectivity index (χ2n) is 6.02. The summed E-state index contributed by atoms with van der Waals surface area (Å²) in [6.45, 7) is 5.52. The van der Waals surface area contributed by atoms with Crippen LogP contribution in [0.5, 0.6) is 0 Å². The summed E-state index contributed by atoms with van der Waals surface area (Å²) in [5, 5.41) is 2.03. The molecular formula is C20H20N2OS. The number of carbonyl (C=O) groups excluding carboxylic acids is 1. The Labute approximate surface area is 147 Å². The second-order valence-corrected chi connectivity index (χ2v) is 6.93. The highest BCUT2D eigenvalue weighted by atomic mass is 32.1. The van der Waals surface area contributed by atoms with Crippen LogP contribution >= 0.6 is 11.3 Å². The van der Waals surface area contributed by atoms with E-state index in [4.69, 9.17) is 0 Å². The van der Waals surface area contributed by atoms with Gasteiger partial charge in [-0.15, -0.1) is 11.3 Å². The summed E-state index contributed by atoms with van der Waals surface area (Å²) in [6.07, 6.45) is 3.78. The lowest BCUT2D eigenvalue weighted by Crippen LogP contribution is -2.35. The average molecular weight is 336 g/mol. The predicted octanol–water partition coefficient (Wildman–Crippen LogP) is 3.97. The van der Waals surface area contributed by atoms with Gasteiger partial charge in [-0.25, -0.2) is 4.98 Å². The molecule has 1 amide bonds. The summed E-state index contributed by atoms with van der Waals surface area (Å²) in [6, 6.07) is 7.82. The number of hydrogen-bond donors (Lipinski definition) is 0. The number of nitrogens with zero attached hydrogens (tertiary/aromatic N) is 2. The van der Waals surface area contributed by atoms with Gasteiger partial charge in [-0.3, -0.25) is 4.79 Å². The van der Waals surface area contributed by atoms with Gasteiger partial charge in [-0.05, 0) is 67.8 Å². The molecule has 24 heavy (non-hydrogen) atoms. The molecule has 0 saturated carbocycles. The predicted molar refractivity (Wildman–Crippen MR) is 98.1 cm³/mol. The third-order valence-corrected chi connectivity index (χ3v) is 5.04. The number of rotatable bonds is 1. The van der Waals surface area contributed by atoms with E-state index in [1.54, 1.807) is 0 Å². The van der Waals surface area contributed by atoms with Gasteiger partial charge in [-0.2, -0.15) is 0 Å². The molecule has 0 unspecified atom stereocenters. The Bertz CT molecular complexity index is 829. The molecule has 0 spiro atoms. The number of allylic oxidation sites excluding steroid dienone is 1. The van der Waals surface area contributed by atoms with Gasteiger partial charge in [0.2, 0.25) is 0 Å². The molecule has 3 rings (SSSR count). The minimum absolute atomic E-state index is 0.155. The maximum Gasteiger partial charge on any atom is 0.263 e. The van der Waals surface area contributed by atoms with Crippen LogP contribution in [0.1, 0.15) is 39.5 Å². The largest absolute Gasteiger partial charge is 0.337 e. The highest BCUT2D eigenvalue weighted by Gasteiger charge is 2.21. The lowest BCUT2D eigenvalue weighted by atomic mass is 10.0. The minimum atomic E-state index is 0.155. The zero-order chi connectivity index (χ0) is 16.9. The highest BCUT2D eigenvalue weighted by Crippen LogP contribution is 2.21. The van der Waals surface area contributed by atoms with Crippen LogP contribution < -0.4 is 0 Å². The van der Waals surface area contributed by atoms with E-state index < -0.39 is 0 Å². The Morgan fingerprint density at radius 3 is 2.75 bits per heavy atom. The number of hydrogen-bond acceptors (Lipinski definition) is 3. The van der Waals surface area contributed by atoms with E-state index in [0.29, 0.717) is 0 Å². The molecule has 2 aromatic heterocycles. The van der Waals surface area contributed by atoms with Crippen LogP contribution in [-0.2, 0) is 0 Å². The third kappa shape index (κ3) is 4.12. The fraction of sp³-hybridized carbons (Fsp3) is 0.300. The fourth-order valence-electron chi connectivity index (χ4n) is 2.67. The van der Waals surface area contributed by atoms with Gasteiger partial charge < -0.3 is 4.90 Å². The van der Waals surface area contributed by atoms with Gasteiger partial charge >= 0.3 is 0 Å². The minimum Gasteiger partial charge on any atom is -0.337 e. The Balaban J connectivity index is 1.58. The van der Waals surface area contributed by atoms with Crippen molar-refractivity contribution in [3.05, 3.63) is 63.1 Å². The average Bonchev–Trinajstić information content (AvgIpc) is 3.01. The van der Waals surface area contributed by atoms with Crippen molar-refractivity contribution in [2.75, 3.05) is 13.1 Å². The number of aryl methyl sites for hydroxylation is 2. The van der Waals surface area contributed by atoms with Crippen LogP contribution in [0.2, 0.25) is 0 Å². The molecule has 1 aliphatic heterocycles. The first-order chi connectivity index (χ1) is 11.6. The van der Waals surface area contributed by atoms with Crippen LogP contribution in [0, 0.1) is 25.7 Å². The van der Waals surface area contributed by atoms with Gasteiger partial charge in [0.05, 0.1) is 4.88 Å². The van der Waals surface area contributed by atoms with Crippen LogP contribution in [0.15, 0.2) is 41.3 Å². The standard InChI is InChI=1S/C20H20N2OS/c1-15-13-19(24-14-15)20(23)22-11-9-17(10-12-22)6-4-8-18-7-3-5-16(2)21-18/h3,5-7,13-14H,9-12H2,1-2H3. The van der Waals surface area contributed by atoms with Gasteiger partial charge in [0, 0.05) is 18.8 Å². The molecule has 122 valence electrons. The summed E-state index contributed by atoms with van der Waals surface area (Å²) in [4.78, 5) is 19.6. The summed E-state index contributed by atoms with van der Waals surface area (Å²) in [5.74, 6) is 6.34. The Hall–Kier alpha value is -2.38. The molecule has 0 aromatic carbocycles. The molecule has 0 N–H and O–H groups in total. The van der Waals surface area contributed by atoms with E-state index >= 15 is 0 Å². The fourth-order valence-corrected chi connectivity index (χ4v) is 3.53. The Kier molecular flexibility index (Phi) is 5.12. The molecule has 0 bridgehead atoms. The van der Waals surface area contributed by atoms with E-state index in [0.717, 1.165) is 47.8 Å². The Morgan fingerprint density at radius 1 is 1.29 bits per heavy atom. The summed E-state index contributed by atoms with van der Waals surface area (Å²) in [5.41, 5.74) is 4.24. The van der Waals surface area contributed by atoms with Gasteiger partial charge in [0.25, 0.3) is 5.91 Å². The number of pyridine rings is 1. The third-order valence-electron chi connectivity index (χ3n) is 4.00. The first kappa shape index (κ1) is 16.5. The number of thiophene rings is 1. The summed E-state index contributed by atoms with van der Waals surface area (Å²) >= 11 is 1.53. The maximum absolute atomic E-state index is 12.4. The molecule has 0 atom stereocenters. The molecule has 3 heterocycles. The van der Waals surface area contributed by atoms with Crippen molar-refractivity contribution in [1.29, 1.82) is 0 Å². The topological polar surface area (TPSA) is 33.2 Å². The normalized spacial score (nSPS) is 14.1. The second kappa shape index (κ2) is 7.46. The zero-order valence-corrected chi connectivity index (χ0v) is 14.8. The lowest BCUT2D eigenvalue weighted by Gasteiger charge is -2.27. The zero-order valence-electron chi connectivity index (χ0n) is 14.0. The summed E-state index contributed by atoms with van der Waals surface area (Å²) < 4.78 is 0. The molecular weight excluding hydrogens is 316 g/mol. The number of amides is 1. The maximum atomic E-state index is 12.4. The van der Waals surface area contributed by atoms with E-state index in [-0.39, 0.29) is 5.91 Å². The van der Waals surface area contributed by atoms with E-state index in [1.807, 2.05) is 54.5 Å². The van der Waals surface area contributed by atoms with E-state index in [2.05, 4.69) is 16.8 Å². The molecule has 1 saturated heterocycles. The van der Waals surface area contributed by atoms with Crippen molar-refractivity contribution in [3.8, 4) is 11.8 Å². The van der Waals surface area contributed by atoms with Crippen molar-refractivity contribution < 1.29 is 4.79 Å². The first-order valence-corrected chi connectivity index (χ1v) is 8.97. The molecule has 4 heteroatoms. The quantitative estimate of drug-likeness (QED) is 0.738. The first-order valence-electron chi connectivity index (χ1n) is 8.09. The molecule has 2 aromatic rings. The van der Waals surface area contributed by atoms with Crippen molar-refractivity contribution in [2.45, 2.75) is 26.7 Å². The molecule has 3 nitrogen and oxygen atoms in total. The number of carbonyl (C=O) groups is 1. The van der Waals surface area contributed by atoms with Crippen molar-refractivity contribution in [3.63, 3.8) is 0 Å². The lowest BCUT2D eigenvalue weighted by molar-refractivity contribution is 0.0748. The number of aromatic nitrogens is 1. The number of likely N-dealkylation sites (tertiary alicyclic amines) is 1. The monoisotopic (exact) mass is 336 g/mol. The van der Waals surface area contributed by atoms with Crippen LogP contribution in [0.4, 0.5) is 0 Å². The molecule has 1 fully saturated rings. The van der Waals surface area contributed by atoms with Gasteiger partial charge in [0.1, 0.15) is 5.69 Å².